The number of anilines is 3. The quantitative estimate of drug-likeness (QED) is 0.301. The SMILES string of the molecule is CCC(C)=Cc1nc(Nc2cc(Cl)cc(C(F)(F)F)c2)n(C2CNC2)c1NC(C)=NC(C)(C)C. The van der Waals surface area contributed by atoms with Crippen molar-refractivity contribution in [2.45, 2.75) is 65.7 Å². The lowest BCUT2D eigenvalue weighted by Crippen LogP contribution is -2.44. The fraction of sp³-hybridized carbons (Fsp3) is 0.500. The highest BCUT2D eigenvalue weighted by Gasteiger charge is 2.32. The van der Waals surface area contributed by atoms with E-state index in [-0.39, 0.29) is 22.3 Å². The zero-order valence-electron chi connectivity index (χ0n) is 20.4. The number of nitrogens with one attached hydrogen (secondary N) is 3. The van der Waals surface area contributed by atoms with Crippen LogP contribution in [-0.4, -0.2) is 34.0 Å². The number of rotatable bonds is 6. The number of halogens is 4. The van der Waals surface area contributed by atoms with Gasteiger partial charge in [0.25, 0.3) is 0 Å². The van der Waals surface area contributed by atoms with E-state index in [9.17, 15) is 13.2 Å². The van der Waals surface area contributed by atoms with Gasteiger partial charge in [0.1, 0.15) is 11.5 Å². The molecule has 0 atom stereocenters. The molecule has 2 aromatic rings. The van der Waals surface area contributed by atoms with Crippen LogP contribution in [0.15, 0.2) is 28.8 Å². The number of aliphatic imine (C=N–C) groups is 1. The van der Waals surface area contributed by atoms with Gasteiger partial charge in [0.05, 0.1) is 23.0 Å². The number of aromatic nitrogens is 2. The lowest BCUT2D eigenvalue weighted by atomic mass is 10.1. The van der Waals surface area contributed by atoms with E-state index in [4.69, 9.17) is 21.6 Å². The second-order valence-electron chi connectivity index (χ2n) is 9.54. The van der Waals surface area contributed by atoms with E-state index in [2.05, 4.69) is 22.9 Å². The van der Waals surface area contributed by atoms with Gasteiger partial charge in [-0.2, -0.15) is 13.2 Å². The zero-order chi connectivity index (χ0) is 25.3. The van der Waals surface area contributed by atoms with Crippen molar-refractivity contribution in [3.63, 3.8) is 0 Å². The Morgan fingerprint density at radius 1 is 1.24 bits per heavy atom. The normalized spacial score (nSPS) is 15.9. The monoisotopic (exact) mass is 496 g/mol. The summed E-state index contributed by atoms with van der Waals surface area (Å²) < 4.78 is 42.0. The largest absolute Gasteiger partial charge is 0.416 e. The van der Waals surface area contributed by atoms with E-state index in [1.807, 2.05) is 45.3 Å². The molecule has 1 fully saturated rings. The van der Waals surface area contributed by atoms with Crippen molar-refractivity contribution in [3.05, 3.63) is 40.1 Å². The number of imidazole rings is 1. The fourth-order valence-electron chi connectivity index (χ4n) is 3.57. The molecule has 6 nitrogen and oxygen atoms in total. The topological polar surface area (TPSA) is 66.3 Å². The number of hydrogen-bond donors (Lipinski definition) is 3. The van der Waals surface area contributed by atoms with E-state index in [1.165, 1.54) is 6.07 Å². The molecule has 1 aromatic heterocycles. The summed E-state index contributed by atoms with van der Waals surface area (Å²) in [7, 11) is 0. The molecule has 3 rings (SSSR count). The molecule has 0 bridgehead atoms. The summed E-state index contributed by atoms with van der Waals surface area (Å²) in [6.07, 6.45) is -1.67. The number of alkyl halides is 3. The third-order valence-electron chi connectivity index (χ3n) is 5.29. The van der Waals surface area contributed by atoms with Crippen molar-refractivity contribution >= 4 is 41.0 Å². The molecule has 0 amide bonds. The van der Waals surface area contributed by atoms with E-state index in [1.54, 1.807) is 0 Å². The van der Waals surface area contributed by atoms with E-state index in [0.717, 1.165) is 35.8 Å². The first-order chi connectivity index (χ1) is 15.8. The Morgan fingerprint density at radius 3 is 2.44 bits per heavy atom. The molecule has 1 aliphatic heterocycles. The molecule has 1 aliphatic rings. The Balaban J connectivity index is 2.12. The summed E-state index contributed by atoms with van der Waals surface area (Å²) in [5.41, 5.74) is 0.937. The van der Waals surface area contributed by atoms with Crippen molar-refractivity contribution in [2.75, 3.05) is 23.7 Å². The predicted octanol–water partition coefficient (Wildman–Crippen LogP) is 6.89. The maximum Gasteiger partial charge on any atom is 0.416 e. The van der Waals surface area contributed by atoms with Gasteiger partial charge in [0.15, 0.2) is 0 Å². The Hall–Kier alpha value is -2.52. The Kier molecular flexibility index (Phi) is 7.67. The van der Waals surface area contributed by atoms with Crippen molar-refractivity contribution in [1.82, 2.24) is 14.9 Å². The van der Waals surface area contributed by atoms with Crippen LogP contribution >= 0.6 is 11.6 Å². The Bertz CT molecular complexity index is 1090. The van der Waals surface area contributed by atoms with Gasteiger partial charge in [-0.3, -0.25) is 9.56 Å². The first kappa shape index (κ1) is 26.1. The van der Waals surface area contributed by atoms with Crippen LogP contribution in [0.1, 0.15) is 65.3 Å². The Labute approximate surface area is 203 Å². The lowest BCUT2D eigenvalue weighted by Gasteiger charge is -2.31. The first-order valence-electron chi connectivity index (χ1n) is 11.2. The molecular formula is C24H32ClF3N6. The minimum atomic E-state index is -4.51. The smallest absolute Gasteiger partial charge is 0.329 e. The first-order valence-corrected chi connectivity index (χ1v) is 11.6. The van der Waals surface area contributed by atoms with E-state index in [0.29, 0.717) is 24.7 Å². The summed E-state index contributed by atoms with van der Waals surface area (Å²) in [6, 6.07) is 3.48. The maximum absolute atomic E-state index is 13.3. The van der Waals surface area contributed by atoms with Crippen molar-refractivity contribution in [3.8, 4) is 0 Å². The Morgan fingerprint density at radius 2 is 1.91 bits per heavy atom. The van der Waals surface area contributed by atoms with Gasteiger partial charge in [0, 0.05) is 23.8 Å². The third kappa shape index (κ3) is 6.54. The number of benzene rings is 1. The number of allylic oxidation sites excluding steroid dienone is 1. The van der Waals surface area contributed by atoms with Crippen LogP contribution in [0.3, 0.4) is 0 Å². The molecule has 1 aromatic carbocycles. The second kappa shape index (κ2) is 10.00. The van der Waals surface area contributed by atoms with Crippen LogP contribution < -0.4 is 16.0 Å². The van der Waals surface area contributed by atoms with Gasteiger partial charge >= 0.3 is 6.18 Å². The highest BCUT2D eigenvalue weighted by molar-refractivity contribution is 6.31. The predicted molar refractivity (Wildman–Crippen MR) is 134 cm³/mol. The lowest BCUT2D eigenvalue weighted by molar-refractivity contribution is -0.137. The van der Waals surface area contributed by atoms with Crippen LogP contribution in [-0.2, 0) is 6.18 Å². The van der Waals surface area contributed by atoms with E-state index >= 15 is 0 Å². The van der Waals surface area contributed by atoms with Gasteiger partial charge in [-0.15, -0.1) is 0 Å². The highest BCUT2D eigenvalue weighted by Crippen LogP contribution is 2.36. The van der Waals surface area contributed by atoms with Crippen molar-refractivity contribution in [2.24, 2.45) is 4.99 Å². The molecule has 0 radical (unpaired) electrons. The summed E-state index contributed by atoms with van der Waals surface area (Å²) >= 11 is 6.00. The second-order valence-corrected chi connectivity index (χ2v) is 9.98. The van der Waals surface area contributed by atoms with Crippen LogP contribution in [0.4, 0.5) is 30.6 Å². The molecule has 0 saturated carbocycles. The molecule has 0 spiro atoms. The molecule has 186 valence electrons. The van der Waals surface area contributed by atoms with Gasteiger partial charge in [-0.05, 0) is 65.3 Å². The van der Waals surface area contributed by atoms with E-state index < -0.39 is 11.7 Å². The van der Waals surface area contributed by atoms with Crippen LogP contribution in [0.25, 0.3) is 6.08 Å². The maximum atomic E-state index is 13.3. The minimum Gasteiger partial charge on any atom is -0.329 e. The van der Waals surface area contributed by atoms with Gasteiger partial charge in [0.2, 0.25) is 5.95 Å². The summed E-state index contributed by atoms with van der Waals surface area (Å²) in [6.45, 7) is 13.4. The average molecular weight is 497 g/mol. The van der Waals surface area contributed by atoms with Gasteiger partial charge in [-0.1, -0.05) is 24.1 Å². The number of nitrogens with zero attached hydrogens (tertiary/aromatic N) is 3. The molecule has 0 aliphatic carbocycles. The molecule has 3 N–H and O–H groups in total. The molecule has 10 heteroatoms. The zero-order valence-corrected chi connectivity index (χ0v) is 21.1. The van der Waals surface area contributed by atoms with Crippen LogP contribution in [0.2, 0.25) is 5.02 Å². The van der Waals surface area contributed by atoms with Crippen LogP contribution in [0, 0.1) is 0 Å². The molecule has 2 heterocycles. The minimum absolute atomic E-state index is 0.00538. The molecular weight excluding hydrogens is 465 g/mol. The highest BCUT2D eigenvalue weighted by atomic mass is 35.5. The van der Waals surface area contributed by atoms with Gasteiger partial charge < -0.3 is 16.0 Å². The van der Waals surface area contributed by atoms with Crippen molar-refractivity contribution < 1.29 is 13.2 Å². The summed E-state index contributed by atoms with van der Waals surface area (Å²) in [5.74, 6) is 1.90. The summed E-state index contributed by atoms with van der Waals surface area (Å²) in [5, 5.41) is 9.72. The third-order valence-corrected chi connectivity index (χ3v) is 5.51. The number of hydrogen-bond acceptors (Lipinski definition) is 4. The van der Waals surface area contributed by atoms with Crippen molar-refractivity contribution in [1.29, 1.82) is 0 Å². The molecule has 34 heavy (non-hydrogen) atoms. The molecule has 1 saturated heterocycles. The standard InChI is InChI=1S/C24H32ClF3N6/c1-7-14(2)8-20-21(30-15(3)33-23(4,5)6)34(19-12-29-13-19)22(32-20)31-18-10-16(24(26,27)28)9-17(25)11-18/h8-11,19,29H,7,12-13H2,1-6H3,(H,30,33)(H,31,32). The summed E-state index contributed by atoms with van der Waals surface area (Å²) in [4.78, 5) is 9.47. The average Bonchev–Trinajstić information content (AvgIpc) is 2.94. The van der Waals surface area contributed by atoms with Gasteiger partial charge in [-0.25, -0.2) is 4.98 Å². The number of amidine groups is 1. The van der Waals surface area contributed by atoms with Crippen LogP contribution in [0.5, 0.6) is 0 Å². The molecule has 0 unspecified atom stereocenters. The fourth-order valence-corrected chi connectivity index (χ4v) is 3.80.